The first-order chi connectivity index (χ1) is 9.89. The van der Waals surface area contributed by atoms with Crippen LogP contribution in [0.1, 0.15) is 33.6 Å². The SMILES string of the molecule is CC(C)(C)CC[C@H](CO)Nc1nc(N)nc2cccnc12. The maximum Gasteiger partial charge on any atom is 0.222 e. The summed E-state index contributed by atoms with van der Waals surface area (Å²) in [5, 5.41) is 12.8. The van der Waals surface area contributed by atoms with E-state index in [1.54, 1.807) is 6.20 Å². The number of nitrogens with zero attached hydrogens (tertiary/aromatic N) is 3. The van der Waals surface area contributed by atoms with Gasteiger partial charge in [-0.3, -0.25) is 4.98 Å². The third kappa shape index (κ3) is 4.26. The van der Waals surface area contributed by atoms with Crippen LogP contribution >= 0.6 is 0 Å². The van der Waals surface area contributed by atoms with E-state index in [2.05, 4.69) is 41.0 Å². The van der Waals surface area contributed by atoms with Crippen molar-refractivity contribution in [2.24, 2.45) is 5.41 Å². The van der Waals surface area contributed by atoms with Crippen LogP contribution in [0.4, 0.5) is 11.8 Å². The number of aromatic nitrogens is 3. The molecule has 0 aliphatic heterocycles. The van der Waals surface area contributed by atoms with Crippen LogP contribution in [-0.4, -0.2) is 32.7 Å². The second-order valence-corrected chi connectivity index (χ2v) is 6.42. The fourth-order valence-corrected chi connectivity index (χ4v) is 2.10. The minimum Gasteiger partial charge on any atom is -0.394 e. The van der Waals surface area contributed by atoms with E-state index in [0.29, 0.717) is 16.9 Å². The summed E-state index contributed by atoms with van der Waals surface area (Å²) in [6.07, 6.45) is 3.53. The van der Waals surface area contributed by atoms with Crippen molar-refractivity contribution in [1.82, 2.24) is 15.0 Å². The zero-order chi connectivity index (χ0) is 15.5. The molecule has 6 heteroatoms. The summed E-state index contributed by atoms with van der Waals surface area (Å²) in [5.41, 5.74) is 7.32. The van der Waals surface area contributed by atoms with Crippen molar-refractivity contribution >= 4 is 22.8 Å². The van der Waals surface area contributed by atoms with Gasteiger partial charge in [0.2, 0.25) is 5.95 Å². The number of pyridine rings is 1. The van der Waals surface area contributed by atoms with Gasteiger partial charge in [0, 0.05) is 6.20 Å². The average Bonchev–Trinajstić information content (AvgIpc) is 2.42. The highest BCUT2D eigenvalue weighted by Crippen LogP contribution is 2.24. The molecule has 21 heavy (non-hydrogen) atoms. The molecule has 2 rings (SSSR count). The standard InChI is InChI=1S/C15H23N5O/c1-15(2,3)7-6-10(9-21)18-13-12-11(5-4-8-17-12)19-14(16)20-13/h4-5,8,10,21H,6-7,9H2,1-3H3,(H3,16,18,19,20)/t10-/m1/s1. The minimum absolute atomic E-state index is 0.0360. The van der Waals surface area contributed by atoms with E-state index in [-0.39, 0.29) is 24.0 Å². The number of hydrogen-bond donors (Lipinski definition) is 3. The van der Waals surface area contributed by atoms with Crippen LogP contribution in [0, 0.1) is 5.41 Å². The minimum atomic E-state index is -0.0799. The lowest BCUT2D eigenvalue weighted by Crippen LogP contribution is -2.26. The number of aliphatic hydroxyl groups is 1. The Bertz CT molecular complexity index is 609. The third-order valence-corrected chi connectivity index (χ3v) is 3.28. The van der Waals surface area contributed by atoms with Crippen molar-refractivity contribution in [2.75, 3.05) is 17.7 Å². The second-order valence-electron chi connectivity index (χ2n) is 6.42. The van der Waals surface area contributed by atoms with E-state index in [1.807, 2.05) is 12.1 Å². The fraction of sp³-hybridized carbons (Fsp3) is 0.533. The Morgan fingerprint density at radius 3 is 2.76 bits per heavy atom. The highest BCUT2D eigenvalue weighted by atomic mass is 16.3. The van der Waals surface area contributed by atoms with Crippen LogP contribution < -0.4 is 11.1 Å². The summed E-state index contributed by atoms with van der Waals surface area (Å²) in [6, 6.07) is 3.57. The molecule has 0 bridgehead atoms. The highest BCUT2D eigenvalue weighted by molar-refractivity contribution is 5.85. The van der Waals surface area contributed by atoms with E-state index >= 15 is 0 Å². The van der Waals surface area contributed by atoms with Gasteiger partial charge >= 0.3 is 0 Å². The van der Waals surface area contributed by atoms with Crippen LogP contribution in [-0.2, 0) is 0 Å². The first-order valence-corrected chi connectivity index (χ1v) is 7.15. The summed E-state index contributed by atoms with van der Waals surface area (Å²) in [7, 11) is 0. The lowest BCUT2D eigenvalue weighted by molar-refractivity contribution is 0.251. The molecule has 0 saturated heterocycles. The van der Waals surface area contributed by atoms with Gasteiger partial charge in [0.05, 0.1) is 18.2 Å². The lowest BCUT2D eigenvalue weighted by atomic mass is 9.89. The Kier molecular flexibility index (Phi) is 4.57. The zero-order valence-corrected chi connectivity index (χ0v) is 12.8. The largest absolute Gasteiger partial charge is 0.394 e. The molecule has 2 aromatic heterocycles. The average molecular weight is 289 g/mol. The molecule has 0 saturated carbocycles. The second kappa shape index (κ2) is 6.22. The molecule has 0 fully saturated rings. The summed E-state index contributed by atoms with van der Waals surface area (Å²) < 4.78 is 0. The van der Waals surface area contributed by atoms with Gasteiger partial charge < -0.3 is 16.2 Å². The van der Waals surface area contributed by atoms with Crippen LogP contribution in [0.25, 0.3) is 11.0 Å². The van der Waals surface area contributed by atoms with Crippen molar-refractivity contribution in [1.29, 1.82) is 0 Å². The molecule has 2 aromatic rings. The van der Waals surface area contributed by atoms with Crippen molar-refractivity contribution in [3.8, 4) is 0 Å². The molecule has 4 N–H and O–H groups in total. The monoisotopic (exact) mass is 289 g/mol. The number of nitrogens with two attached hydrogens (primary N) is 1. The van der Waals surface area contributed by atoms with Gasteiger partial charge in [0.15, 0.2) is 5.82 Å². The van der Waals surface area contributed by atoms with E-state index < -0.39 is 0 Å². The van der Waals surface area contributed by atoms with Crippen molar-refractivity contribution < 1.29 is 5.11 Å². The van der Waals surface area contributed by atoms with Crippen molar-refractivity contribution in [3.05, 3.63) is 18.3 Å². The molecule has 0 amide bonds. The molecule has 0 aliphatic rings. The Morgan fingerprint density at radius 1 is 1.33 bits per heavy atom. The van der Waals surface area contributed by atoms with Crippen LogP contribution in [0.15, 0.2) is 18.3 Å². The Morgan fingerprint density at radius 2 is 2.10 bits per heavy atom. The van der Waals surface area contributed by atoms with Gasteiger partial charge in [0.25, 0.3) is 0 Å². The van der Waals surface area contributed by atoms with Gasteiger partial charge in [-0.15, -0.1) is 0 Å². The molecule has 114 valence electrons. The topological polar surface area (TPSA) is 97.0 Å². The number of nitrogen functional groups attached to an aromatic ring is 1. The molecule has 0 aliphatic carbocycles. The number of fused-ring (bicyclic) bond motifs is 1. The number of aliphatic hydroxyl groups excluding tert-OH is 1. The zero-order valence-electron chi connectivity index (χ0n) is 12.8. The van der Waals surface area contributed by atoms with Crippen LogP contribution in [0.2, 0.25) is 0 Å². The Hall–Kier alpha value is -1.95. The molecule has 0 unspecified atom stereocenters. The summed E-state index contributed by atoms with van der Waals surface area (Å²) >= 11 is 0. The molecule has 2 heterocycles. The first kappa shape index (κ1) is 15.4. The van der Waals surface area contributed by atoms with Crippen LogP contribution in [0.5, 0.6) is 0 Å². The van der Waals surface area contributed by atoms with Gasteiger partial charge in [-0.05, 0) is 30.4 Å². The molecule has 0 spiro atoms. The third-order valence-electron chi connectivity index (χ3n) is 3.28. The quantitative estimate of drug-likeness (QED) is 0.781. The van der Waals surface area contributed by atoms with Gasteiger partial charge in [-0.2, -0.15) is 4.98 Å². The van der Waals surface area contributed by atoms with E-state index in [0.717, 1.165) is 12.8 Å². The summed E-state index contributed by atoms with van der Waals surface area (Å²) in [6.45, 7) is 6.58. The molecular formula is C15H23N5O. The Balaban J connectivity index is 2.21. The fourth-order valence-electron chi connectivity index (χ4n) is 2.10. The van der Waals surface area contributed by atoms with Gasteiger partial charge in [-0.25, -0.2) is 4.98 Å². The van der Waals surface area contributed by atoms with Crippen LogP contribution in [0.3, 0.4) is 0 Å². The number of hydrogen-bond acceptors (Lipinski definition) is 6. The van der Waals surface area contributed by atoms with E-state index in [4.69, 9.17) is 5.73 Å². The maximum absolute atomic E-state index is 9.57. The molecule has 6 nitrogen and oxygen atoms in total. The van der Waals surface area contributed by atoms with E-state index in [1.165, 1.54) is 0 Å². The van der Waals surface area contributed by atoms with E-state index in [9.17, 15) is 5.11 Å². The molecule has 1 atom stereocenters. The number of anilines is 2. The molecular weight excluding hydrogens is 266 g/mol. The number of nitrogens with one attached hydrogen (secondary N) is 1. The van der Waals surface area contributed by atoms with Gasteiger partial charge in [0.1, 0.15) is 5.52 Å². The van der Waals surface area contributed by atoms with Crippen molar-refractivity contribution in [2.45, 2.75) is 39.7 Å². The number of rotatable bonds is 5. The lowest BCUT2D eigenvalue weighted by Gasteiger charge is -2.23. The van der Waals surface area contributed by atoms with Crippen molar-refractivity contribution in [3.63, 3.8) is 0 Å². The molecule has 0 radical (unpaired) electrons. The smallest absolute Gasteiger partial charge is 0.222 e. The normalized spacial score (nSPS) is 13.3. The predicted molar refractivity (Wildman–Crippen MR) is 84.9 cm³/mol. The molecule has 0 aromatic carbocycles. The highest BCUT2D eigenvalue weighted by Gasteiger charge is 2.17. The summed E-state index contributed by atoms with van der Waals surface area (Å²) in [5.74, 6) is 0.775. The summed E-state index contributed by atoms with van der Waals surface area (Å²) in [4.78, 5) is 12.7. The Labute approximate surface area is 124 Å². The first-order valence-electron chi connectivity index (χ1n) is 7.15. The predicted octanol–water partition coefficient (Wildman–Crippen LogP) is 2.21. The maximum atomic E-state index is 9.57. The van der Waals surface area contributed by atoms with Gasteiger partial charge in [-0.1, -0.05) is 20.8 Å².